The van der Waals surface area contributed by atoms with Crippen LogP contribution in [0.3, 0.4) is 0 Å². The minimum Gasteiger partial charge on any atom is -0.476 e. The summed E-state index contributed by atoms with van der Waals surface area (Å²) in [6, 6.07) is 10.7. The summed E-state index contributed by atoms with van der Waals surface area (Å²) in [5.74, 6) is -1.60. The second-order valence-corrected chi connectivity index (χ2v) is 4.44. The summed E-state index contributed by atoms with van der Waals surface area (Å²) in [6.45, 7) is 1.98. The van der Waals surface area contributed by atoms with E-state index in [1.165, 1.54) is 18.3 Å². The van der Waals surface area contributed by atoms with E-state index < -0.39 is 11.9 Å². The van der Waals surface area contributed by atoms with Gasteiger partial charge in [-0.25, -0.2) is 9.78 Å². The highest BCUT2D eigenvalue weighted by molar-refractivity contribution is 6.05. The van der Waals surface area contributed by atoms with Gasteiger partial charge in [-0.1, -0.05) is 29.8 Å². The number of anilines is 1. The standard InChI is InChI=1S/C16H14N2O3/c1-11-4-6-12(7-5-11)8-9-14(19)18-13-3-2-10-17-15(13)16(20)21/h2-10H,1H3,(H,18,19)(H,20,21)/b9-8+. The number of benzene rings is 1. The summed E-state index contributed by atoms with van der Waals surface area (Å²) in [5.41, 5.74) is 2.01. The Morgan fingerprint density at radius 2 is 1.90 bits per heavy atom. The van der Waals surface area contributed by atoms with Crippen molar-refractivity contribution in [2.75, 3.05) is 5.32 Å². The fraction of sp³-hybridized carbons (Fsp3) is 0.0625. The first-order chi connectivity index (χ1) is 10.1. The van der Waals surface area contributed by atoms with Crippen molar-refractivity contribution in [3.8, 4) is 0 Å². The van der Waals surface area contributed by atoms with Crippen LogP contribution in [0.1, 0.15) is 21.6 Å². The Morgan fingerprint density at radius 1 is 1.19 bits per heavy atom. The van der Waals surface area contributed by atoms with Crippen molar-refractivity contribution in [1.82, 2.24) is 4.98 Å². The lowest BCUT2D eigenvalue weighted by Gasteiger charge is -2.04. The average molecular weight is 282 g/mol. The first-order valence-corrected chi connectivity index (χ1v) is 6.30. The molecule has 2 rings (SSSR count). The number of aryl methyl sites for hydroxylation is 1. The van der Waals surface area contributed by atoms with Crippen molar-refractivity contribution in [3.05, 3.63) is 65.5 Å². The Hall–Kier alpha value is -2.95. The van der Waals surface area contributed by atoms with Gasteiger partial charge < -0.3 is 10.4 Å². The molecule has 1 aromatic heterocycles. The van der Waals surface area contributed by atoms with Gasteiger partial charge in [0, 0.05) is 12.3 Å². The molecule has 5 nitrogen and oxygen atoms in total. The molecular formula is C16H14N2O3. The number of aromatic carboxylic acids is 1. The van der Waals surface area contributed by atoms with Gasteiger partial charge in [-0.05, 0) is 30.7 Å². The van der Waals surface area contributed by atoms with Crippen molar-refractivity contribution in [2.45, 2.75) is 6.92 Å². The molecule has 0 aliphatic carbocycles. The maximum atomic E-state index is 11.8. The fourth-order valence-electron chi connectivity index (χ4n) is 1.70. The van der Waals surface area contributed by atoms with Crippen LogP contribution >= 0.6 is 0 Å². The SMILES string of the molecule is Cc1ccc(/C=C/C(=O)Nc2cccnc2C(=O)O)cc1. The molecule has 0 spiro atoms. The third-order valence-electron chi connectivity index (χ3n) is 2.77. The third kappa shape index (κ3) is 4.01. The minimum atomic E-state index is -1.19. The zero-order chi connectivity index (χ0) is 15.2. The number of carboxylic acids is 1. The van der Waals surface area contributed by atoms with Gasteiger partial charge in [0.1, 0.15) is 0 Å². The maximum absolute atomic E-state index is 11.8. The van der Waals surface area contributed by atoms with E-state index in [1.807, 2.05) is 31.2 Å². The summed E-state index contributed by atoms with van der Waals surface area (Å²) in [4.78, 5) is 26.5. The number of amides is 1. The molecule has 0 bridgehead atoms. The molecule has 0 radical (unpaired) electrons. The quantitative estimate of drug-likeness (QED) is 0.845. The van der Waals surface area contributed by atoms with E-state index in [0.717, 1.165) is 11.1 Å². The van der Waals surface area contributed by atoms with Crippen LogP contribution in [0.5, 0.6) is 0 Å². The lowest BCUT2D eigenvalue weighted by Crippen LogP contribution is -2.13. The van der Waals surface area contributed by atoms with Gasteiger partial charge in [-0.15, -0.1) is 0 Å². The number of aromatic nitrogens is 1. The number of hydrogen-bond acceptors (Lipinski definition) is 3. The third-order valence-corrected chi connectivity index (χ3v) is 2.77. The number of carbonyl (C=O) groups is 2. The lowest BCUT2D eigenvalue weighted by atomic mass is 10.1. The molecule has 21 heavy (non-hydrogen) atoms. The number of carbonyl (C=O) groups excluding carboxylic acids is 1. The molecule has 0 saturated carbocycles. The van der Waals surface area contributed by atoms with Gasteiger partial charge >= 0.3 is 5.97 Å². The number of carboxylic acid groups (broad SMARTS) is 1. The highest BCUT2D eigenvalue weighted by Gasteiger charge is 2.11. The van der Waals surface area contributed by atoms with E-state index in [-0.39, 0.29) is 11.4 Å². The van der Waals surface area contributed by atoms with Gasteiger partial charge in [0.15, 0.2) is 5.69 Å². The Balaban J connectivity index is 2.08. The second-order valence-electron chi connectivity index (χ2n) is 4.44. The van der Waals surface area contributed by atoms with E-state index in [9.17, 15) is 9.59 Å². The molecule has 0 aliphatic heterocycles. The number of hydrogen-bond donors (Lipinski definition) is 2. The molecule has 1 heterocycles. The summed E-state index contributed by atoms with van der Waals surface area (Å²) in [7, 11) is 0. The van der Waals surface area contributed by atoms with Gasteiger partial charge in [0.2, 0.25) is 5.91 Å². The molecule has 0 unspecified atom stereocenters. The topological polar surface area (TPSA) is 79.3 Å². The van der Waals surface area contributed by atoms with Crippen molar-refractivity contribution >= 4 is 23.6 Å². The molecule has 1 aromatic carbocycles. The minimum absolute atomic E-state index is 0.170. The zero-order valence-corrected chi connectivity index (χ0v) is 11.4. The van der Waals surface area contributed by atoms with E-state index in [4.69, 9.17) is 5.11 Å². The van der Waals surface area contributed by atoms with Gasteiger partial charge in [0.25, 0.3) is 0 Å². The molecule has 2 aromatic rings. The van der Waals surface area contributed by atoms with Crippen molar-refractivity contribution in [1.29, 1.82) is 0 Å². The molecule has 5 heteroatoms. The maximum Gasteiger partial charge on any atom is 0.356 e. The highest BCUT2D eigenvalue weighted by atomic mass is 16.4. The Bertz CT molecular complexity index is 691. The summed E-state index contributed by atoms with van der Waals surface area (Å²) < 4.78 is 0. The Labute approximate surface area is 122 Å². The fourth-order valence-corrected chi connectivity index (χ4v) is 1.70. The lowest BCUT2D eigenvalue weighted by molar-refractivity contribution is -0.111. The van der Waals surface area contributed by atoms with Crippen molar-refractivity contribution in [3.63, 3.8) is 0 Å². The number of rotatable bonds is 4. The van der Waals surface area contributed by atoms with Crippen LogP contribution in [0, 0.1) is 6.92 Å². The predicted octanol–water partition coefficient (Wildman–Crippen LogP) is 2.74. The zero-order valence-electron chi connectivity index (χ0n) is 11.4. The monoisotopic (exact) mass is 282 g/mol. The van der Waals surface area contributed by atoms with Crippen LogP contribution < -0.4 is 5.32 Å². The first-order valence-electron chi connectivity index (χ1n) is 6.30. The normalized spacial score (nSPS) is 10.5. The molecule has 0 atom stereocenters. The molecule has 1 amide bonds. The van der Waals surface area contributed by atoms with Gasteiger partial charge in [-0.3, -0.25) is 4.79 Å². The van der Waals surface area contributed by atoms with E-state index in [1.54, 1.807) is 12.1 Å². The van der Waals surface area contributed by atoms with Crippen LogP contribution in [-0.4, -0.2) is 22.0 Å². The second kappa shape index (κ2) is 6.47. The highest BCUT2D eigenvalue weighted by Crippen LogP contribution is 2.12. The van der Waals surface area contributed by atoms with Crippen molar-refractivity contribution < 1.29 is 14.7 Å². The molecular weight excluding hydrogens is 268 g/mol. The van der Waals surface area contributed by atoms with E-state index in [0.29, 0.717) is 0 Å². The van der Waals surface area contributed by atoms with Crippen LogP contribution in [-0.2, 0) is 4.79 Å². The molecule has 2 N–H and O–H groups in total. The summed E-state index contributed by atoms with van der Waals surface area (Å²) in [5, 5.41) is 11.5. The molecule has 0 saturated heterocycles. The number of nitrogens with zero attached hydrogens (tertiary/aromatic N) is 1. The number of pyridine rings is 1. The molecule has 106 valence electrons. The summed E-state index contributed by atoms with van der Waals surface area (Å²) >= 11 is 0. The largest absolute Gasteiger partial charge is 0.476 e. The van der Waals surface area contributed by atoms with Crippen molar-refractivity contribution in [2.24, 2.45) is 0 Å². The molecule has 0 aliphatic rings. The Morgan fingerprint density at radius 3 is 2.57 bits per heavy atom. The Kier molecular flexibility index (Phi) is 4.46. The van der Waals surface area contributed by atoms with E-state index >= 15 is 0 Å². The van der Waals surface area contributed by atoms with Gasteiger partial charge in [0.05, 0.1) is 5.69 Å². The summed E-state index contributed by atoms with van der Waals surface area (Å²) in [6.07, 6.45) is 4.37. The average Bonchev–Trinajstić information content (AvgIpc) is 2.47. The smallest absolute Gasteiger partial charge is 0.356 e. The van der Waals surface area contributed by atoms with Crippen LogP contribution in [0.4, 0.5) is 5.69 Å². The first kappa shape index (κ1) is 14.5. The van der Waals surface area contributed by atoms with Gasteiger partial charge in [-0.2, -0.15) is 0 Å². The predicted molar refractivity (Wildman–Crippen MR) is 80.0 cm³/mol. The van der Waals surface area contributed by atoms with Crippen LogP contribution in [0.15, 0.2) is 48.7 Å². The van der Waals surface area contributed by atoms with Crippen LogP contribution in [0.2, 0.25) is 0 Å². The molecule has 0 fully saturated rings. The van der Waals surface area contributed by atoms with Crippen LogP contribution in [0.25, 0.3) is 6.08 Å². The van der Waals surface area contributed by atoms with E-state index in [2.05, 4.69) is 10.3 Å². The number of nitrogens with one attached hydrogen (secondary N) is 1.